The van der Waals surface area contributed by atoms with Gasteiger partial charge in [-0.25, -0.2) is 0 Å². The number of aliphatic hydroxyl groups is 1. The van der Waals surface area contributed by atoms with Crippen LogP contribution in [0.3, 0.4) is 0 Å². The molecular weight excluding hydrogens is 334 g/mol. The number of amides is 1. The van der Waals surface area contributed by atoms with E-state index in [1.807, 2.05) is 0 Å². The molecule has 116 valence electrons. The van der Waals surface area contributed by atoms with Crippen LogP contribution in [0, 0.1) is 5.41 Å². The van der Waals surface area contributed by atoms with Gasteiger partial charge in [0, 0.05) is 11.0 Å². The lowest BCUT2D eigenvalue weighted by molar-refractivity contribution is -0.0233. The third-order valence-electron chi connectivity index (χ3n) is 4.32. The van der Waals surface area contributed by atoms with Crippen molar-refractivity contribution in [3.8, 4) is 5.75 Å². The van der Waals surface area contributed by atoms with Crippen molar-refractivity contribution in [3.63, 3.8) is 0 Å². The smallest absolute Gasteiger partial charge is 0.255 e. The number of carbonyl (C=O) groups is 1. The van der Waals surface area contributed by atoms with E-state index < -0.39 is 5.60 Å². The Morgan fingerprint density at radius 1 is 1.29 bits per heavy atom. The lowest BCUT2D eigenvalue weighted by Gasteiger charge is -2.40. The Kier molecular flexibility index (Phi) is 4.63. The van der Waals surface area contributed by atoms with E-state index in [0.29, 0.717) is 12.8 Å². The van der Waals surface area contributed by atoms with E-state index in [2.05, 4.69) is 35.1 Å². The van der Waals surface area contributed by atoms with Crippen LogP contribution in [-0.2, 0) is 0 Å². The summed E-state index contributed by atoms with van der Waals surface area (Å²) in [5, 5.41) is 23.0. The van der Waals surface area contributed by atoms with Gasteiger partial charge in [-0.2, -0.15) is 0 Å². The minimum Gasteiger partial charge on any atom is -0.507 e. The summed E-state index contributed by atoms with van der Waals surface area (Å²) in [5.41, 5.74) is -0.366. The first kappa shape index (κ1) is 16.3. The quantitative estimate of drug-likeness (QED) is 0.779. The van der Waals surface area contributed by atoms with Gasteiger partial charge in [-0.05, 0) is 49.3 Å². The van der Waals surface area contributed by atoms with E-state index in [1.165, 1.54) is 6.07 Å². The predicted octanol–water partition coefficient (Wildman–Crippen LogP) is 3.22. The van der Waals surface area contributed by atoms with Crippen LogP contribution in [0.5, 0.6) is 5.75 Å². The predicted molar refractivity (Wildman–Crippen MR) is 85.3 cm³/mol. The Balaban J connectivity index is 1.97. The highest BCUT2D eigenvalue weighted by molar-refractivity contribution is 9.10. The number of phenolic OH excluding ortho intramolecular Hbond substituents is 1. The van der Waals surface area contributed by atoms with Gasteiger partial charge in [0.05, 0.1) is 11.2 Å². The van der Waals surface area contributed by atoms with Crippen LogP contribution in [0.15, 0.2) is 22.7 Å². The Bertz CT molecular complexity index is 532. The van der Waals surface area contributed by atoms with Crippen LogP contribution in [-0.4, -0.2) is 28.3 Å². The summed E-state index contributed by atoms with van der Waals surface area (Å²) < 4.78 is 0.726. The molecule has 0 atom stereocenters. The third kappa shape index (κ3) is 4.20. The maximum atomic E-state index is 12.1. The average Bonchev–Trinajstić information content (AvgIpc) is 2.43. The van der Waals surface area contributed by atoms with Crippen molar-refractivity contribution in [2.75, 3.05) is 6.54 Å². The van der Waals surface area contributed by atoms with Gasteiger partial charge in [0.25, 0.3) is 5.91 Å². The number of hydrogen-bond acceptors (Lipinski definition) is 3. The van der Waals surface area contributed by atoms with Gasteiger partial charge < -0.3 is 15.5 Å². The fraction of sp³-hybridized carbons (Fsp3) is 0.562. The number of phenols is 1. The van der Waals surface area contributed by atoms with Gasteiger partial charge in [0.15, 0.2) is 0 Å². The number of aromatic hydroxyl groups is 1. The number of hydrogen-bond donors (Lipinski definition) is 3. The lowest BCUT2D eigenvalue weighted by atomic mass is 9.71. The van der Waals surface area contributed by atoms with Crippen molar-refractivity contribution < 1.29 is 15.0 Å². The van der Waals surface area contributed by atoms with Gasteiger partial charge in [-0.15, -0.1) is 0 Å². The molecule has 1 fully saturated rings. The highest BCUT2D eigenvalue weighted by Crippen LogP contribution is 2.39. The highest BCUT2D eigenvalue weighted by atomic mass is 79.9. The molecule has 1 saturated carbocycles. The molecule has 1 amide bonds. The monoisotopic (exact) mass is 355 g/mol. The summed E-state index contributed by atoms with van der Waals surface area (Å²) in [4.78, 5) is 12.1. The van der Waals surface area contributed by atoms with Crippen LogP contribution in [0.2, 0.25) is 0 Å². The van der Waals surface area contributed by atoms with Crippen molar-refractivity contribution in [3.05, 3.63) is 28.2 Å². The average molecular weight is 356 g/mol. The second-order valence-corrected chi connectivity index (χ2v) is 7.65. The minimum atomic E-state index is -0.840. The molecule has 0 spiro atoms. The molecule has 0 heterocycles. The van der Waals surface area contributed by atoms with Crippen molar-refractivity contribution >= 4 is 21.8 Å². The lowest BCUT2D eigenvalue weighted by Crippen LogP contribution is -2.46. The SMILES string of the molecule is CC1(C)CCC(O)(CNC(=O)c2cc(Br)ccc2O)CC1. The Hall–Kier alpha value is -1.07. The maximum Gasteiger partial charge on any atom is 0.255 e. The van der Waals surface area contributed by atoms with Gasteiger partial charge in [-0.1, -0.05) is 29.8 Å². The highest BCUT2D eigenvalue weighted by Gasteiger charge is 2.36. The second-order valence-electron chi connectivity index (χ2n) is 6.73. The Morgan fingerprint density at radius 2 is 1.90 bits per heavy atom. The molecule has 4 nitrogen and oxygen atoms in total. The summed E-state index contributed by atoms with van der Waals surface area (Å²) in [6.07, 6.45) is 3.26. The summed E-state index contributed by atoms with van der Waals surface area (Å²) >= 11 is 3.27. The van der Waals surface area contributed by atoms with Crippen molar-refractivity contribution in [1.82, 2.24) is 5.32 Å². The molecule has 0 saturated heterocycles. The molecule has 0 radical (unpaired) electrons. The molecular formula is C16H22BrNO3. The van der Waals surface area contributed by atoms with Crippen LogP contribution < -0.4 is 5.32 Å². The standard InChI is InChI=1S/C16H22BrNO3/c1-15(2)5-7-16(21,8-6-15)10-18-14(20)12-9-11(17)3-4-13(12)19/h3-4,9,19,21H,5-8,10H2,1-2H3,(H,18,20). The summed E-state index contributed by atoms with van der Waals surface area (Å²) in [5.74, 6) is -0.431. The van der Waals surface area contributed by atoms with Gasteiger partial charge in [0.1, 0.15) is 5.75 Å². The molecule has 1 aromatic rings. The van der Waals surface area contributed by atoms with Crippen molar-refractivity contribution in [2.45, 2.75) is 45.1 Å². The molecule has 2 rings (SSSR count). The fourth-order valence-electron chi connectivity index (χ4n) is 2.60. The second kappa shape index (κ2) is 5.97. The topological polar surface area (TPSA) is 69.6 Å². The zero-order chi connectivity index (χ0) is 15.7. The van der Waals surface area contributed by atoms with E-state index in [4.69, 9.17) is 0 Å². The van der Waals surface area contributed by atoms with E-state index in [0.717, 1.165) is 17.3 Å². The van der Waals surface area contributed by atoms with Crippen LogP contribution in [0.1, 0.15) is 49.9 Å². The van der Waals surface area contributed by atoms with Crippen molar-refractivity contribution in [1.29, 1.82) is 0 Å². The molecule has 1 aliphatic rings. The van der Waals surface area contributed by atoms with E-state index in [1.54, 1.807) is 12.1 Å². The molecule has 0 unspecified atom stereocenters. The van der Waals surface area contributed by atoms with E-state index in [9.17, 15) is 15.0 Å². The van der Waals surface area contributed by atoms with Gasteiger partial charge in [-0.3, -0.25) is 4.79 Å². The molecule has 1 aromatic carbocycles. The number of nitrogens with one attached hydrogen (secondary N) is 1. The first-order valence-electron chi connectivity index (χ1n) is 7.20. The Labute approximate surface area is 133 Å². The molecule has 1 aliphatic carbocycles. The maximum absolute atomic E-state index is 12.1. The van der Waals surface area contributed by atoms with Crippen LogP contribution >= 0.6 is 15.9 Å². The van der Waals surface area contributed by atoms with Crippen molar-refractivity contribution in [2.24, 2.45) is 5.41 Å². The van der Waals surface area contributed by atoms with Crippen LogP contribution in [0.4, 0.5) is 0 Å². The van der Waals surface area contributed by atoms with E-state index >= 15 is 0 Å². The largest absolute Gasteiger partial charge is 0.507 e. The molecule has 0 aromatic heterocycles. The first-order valence-corrected chi connectivity index (χ1v) is 7.99. The molecule has 5 heteroatoms. The third-order valence-corrected chi connectivity index (χ3v) is 4.81. The zero-order valence-corrected chi connectivity index (χ0v) is 14.0. The molecule has 3 N–H and O–H groups in total. The normalized spacial score (nSPS) is 20.0. The Morgan fingerprint density at radius 3 is 2.52 bits per heavy atom. The zero-order valence-electron chi connectivity index (χ0n) is 12.4. The van der Waals surface area contributed by atoms with Gasteiger partial charge >= 0.3 is 0 Å². The summed E-state index contributed by atoms with van der Waals surface area (Å²) in [6.45, 7) is 4.61. The fourth-order valence-corrected chi connectivity index (χ4v) is 2.96. The first-order chi connectivity index (χ1) is 9.71. The molecule has 0 aliphatic heterocycles. The number of carbonyl (C=O) groups excluding carboxylic acids is 1. The summed E-state index contributed by atoms with van der Waals surface area (Å²) in [7, 11) is 0. The minimum absolute atomic E-state index is 0.0625. The number of benzene rings is 1. The molecule has 21 heavy (non-hydrogen) atoms. The summed E-state index contributed by atoms with van der Waals surface area (Å²) in [6, 6.07) is 4.71. The van der Waals surface area contributed by atoms with Gasteiger partial charge in [0.2, 0.25) is 0 Å². The number of halogens is 1. The number of rotatable bonds is 3. The molecule has 0 bridgehead atoms. The van der Waals surface area contributed by atoms with Crippen LogP contribution in [0.25, 0.3) is 0 Å². The van der Waals surface area contributed by atoms with E-state index in [-0.39, 0.29) is 29.2 Å².